The van der Waals surface area contributed by atoms with Crippen LogP contribution < -0.4 is 9.64 Å². The highest BCUT2D eigenvalue weighted by atomic mass is 35.5. The van der Waals surface area contributed by atoms with E-state index in [-0.39, 0.29) is 0 Å². The smallest absolute Gasteiger partial charge is 0.171 e. The molecule has 4 rings (SSSR count). The van der Waals surface area contributed by atoms with E-state index in [0.717, 1.165) is 61.4 Å². The number of halogens is 1. The van der Waals surface area contributed by atoms with Crippen molar-refractivity contribution in [1.29, 1.82) is 0 Å². The van der Waals surface area contributed by atoms with E-state index in [1.54, 1.807) is 7.11 Å². The summed E-state index contributed by atoms with van der Waals surface area (Å²) in [6.45, 7) is 12.6. The molecule has 9 heteroatoms. The molecule has 0 radical (unpaired) electrons. The summed E-state index contributed by atoms with van der Waals surface area (Å²) in [7, 11) is 0.864. The van der Waals surface area contributed by atoms with Gasteiger partial charge in [-0.25, -0.2) is 4.98 Å². The molecule has 184 valence electrons. The first kappa shape index (κ1) is 25.2. The summed E-state index contributed by atoms with van der Waals surface area (Å²) in [6.07, 6.45) is 5.11. The molecule has 1 fully saturated rings. The highest BCUT2D eigenvalue weighted by molar-refractivity contribution is 7.47. The van der Waals surface area contributed by atoms with Gasteiger partial charge in [0.25, 0.3) is 0 Å². The van der Waals surface area contributed by atoms with Crippen LogP contribution in [0.25, 0.3) is 16.9 Å². The lowest BCUT2D eigenvalue weighted by Gasteiger charge is -2.36. The summed E-state index contributed by atoms with van der Waals surface area (Å²) in [4.78, 5) is 9.84. The summed E-state index contributed by atoms with van der Waals surface area (Å²) in [5.41, 5.74) is 5.14. The largest absolute Gasteiger partial charge is 0.495 e. The van der Waals surface area contributed by atoms with Crippen LogP contribution in [0.2, 0.25) is 5.02 Å². The molecule has 0 spiro atoms. The number of methoxy groups -OCH3 is 1. The number of hydrogen-bond donors (Lipinski definition) is 0. The number of piperazine rings is 1. The van der Waals surface area contributed by atoms with Crippen LogP contribution in [0.4, 0.5) is 5.69 Å². The van der Waals surface area contributed by atoms with E-state index < -0.39 is 8.38 Å². The number of anilines is 1. The van der Waals surface area contributed by atoms with Crippen molar-refractivity contribution in [2.45, 2.75) is 20.8 Å². The van der Waals surface area contributed by atoms with Crippen molar-refractivity contribution in [3.63, 3.8) is 0 Å². The number of nitrogens with zero attached hydrogens (tertiary/aromatic N) is 4. The number of benzene rings is 1. The molecule has 0 bridgehead atoms. The Labute approximate surface area is 208 Å². The average molecular weight is 505 g/mol. The number of aryl methyl sites for hydroxylation is 1. The molecule has 0 unspecified atom stereocenters. The first-order chi connectivity index (χ1) is 16.5. The van der Waals surface area contributed by atoms with Gasteiger partial charge in [-0.05, 0) is 44.5 Å². The second-order valence-corrected chi connectivity index (χ2v) is 10.3. The minimum absolute atomic E-state index is 0.591. The molecule has 7 nitrogen and oxygen atoms in total. The van der Waals surface area contributed by atoms with Crippen LogP contribution in [0, 0.1) is 6.92 Å². The molecule has 34 heavy (non-hydrogen) atoms. The number of fused-ring (bicyclic) bond motifs is 1. The molecule has 3 aromatic rings. The Morgan fingerprint density at radius 2 is 1.79 bits per heavy atom. The van der Waals surface area contributed by atoms with E-state index in [1.807, 2.05) is 26.0 Å². The number of aromatic nitrogens is 2. The van der Waals surface area contributed by atoms with E-state index in [9.17, 15) is 0 Å². The van der Waals surface area contributed by atoms with E-state index in [2.05, 4.69) is 45.7 Å². The van der Waals surface area contributed by atoms with Crippen molar-refractivity contribution in [2.24, 2.45) is 0 Å². The molecule has 0 atom stereocenters. The van der Waals surface area contributed by atoms with E-state index in [4.69, 9.17) is 30.4 Å². The Morgan fingerprint density at radius 3 is 2.47 bits per heavy atom. The zero-order valence-corrected chi connectivity index (χ0v) is 22.1. The Balaban J connectivity index is 1.41. The van der Waals surface area contributed by atoms with Gasteiger partial charge in [-0.15, -0.1) is 0 Å². The van der Waals surface area contributed by atoms with Crippen molar-refractivity contribution in [1.82, 2.24) is 14.3 Å². The van der Waals surface area contributed by atoms with Crippen molar-refractivity contribution in [3.05, 3.63) is 47.2 Å². The van der Waals surface area contributed by atoms with Crippen LogP contribution in [-0.2, 0) is 9.05 Å². The monoisotopic (exact) mass is 504 g/mol. The van der Waals surface area contributed by atoms with E-state index in [1.165, 1.54) is 5.69 Å². The van der Waals surface area contributed by atoms with Gasteiger partial charge in [0, 0.05) is 68.6 Å². The topological polar surface area (TPSA) is 51.5 Å². The van der Waals surface area contributed by atoms with Gasteiger partial charge < -0.3 is 23.1 Å². The minimum atomic E-state index is -0.767. The second kappa shape index (κ2) is 11.7. The number of rotatable bonds is 10. The molecule has 1 aromatic carbocycles. The zero-order chi connectivity index (χ0) is 24.1. The standard InChI is InChI=1S/C25H34ClN4O3P/c1-5-32-34(33-6-2)14-13-28-9-11-29(12-10-28)20-7-8-30-18-23(27-25(30)16-20)21-17-22(26)24(31-4)15-19(21)3/h7-8,15-18H,5-6,9-14H2,1-4H3. The molecule has 1 aliphatic heterocycles. The maximum absolute atomic E-state index is 6.38. The Hall–Kier alpha value is -1.89. The quantitative estimate of drug-likeness (QED) is 0.341. The third-order valence-electron chi connectivity index (χ3n) is 6.10. The lowest BCUT2D eigenvalue weighted by molar-refractivity contribution is 0.247. The predicted molar refractivity (Wildman–Crippen MR) is 141 cm³/mol. The van der Waals surface area contributed by atoms with Gasteiger partial charge in [-0.1, -0.05) is 11.6 Å². The number of imidazole rings is 1. The molecule has 1 saturated heterocycles. The van der Waals surface area contributed by atoms with Crippen molar-refractivity contribution >= 4 is 31.3 Å². The molecule has 0 N–H and O–H groups in total. The van der Waals surface area contributed by atoms with Gasteiger partial charge in [0.05, 0.1) is 31.0 Å². The number of ether oxygens (including phenoxy) is 1. The summed E-state index contributed by atoms with van der Waals surface area (Å²) < 4.78 is 18.9. The molecule has 3 heterocycles. The minimum Gasteiger partial charge on any atom is -0.495 e. The van der Waals surface area contributed by atoms with Gasteiger partial charge in [0.15, 0.2) is 8.38 Å². The molecule has 0 saturated carbocycles. The van der Waals surface area contributed by atoms with E-state index in [0.29, 0.717) is 24.0 Å². The highest BCUT2D eigenvalue weighted by Crippen LogP contribution is 2.37. The number of hydrogen-bond acceptors (Lipinski definition) is 6. The Kier molecular flexibility index (Phi) is 8.67. The normalized spacial score (nSPS) is 14.9. The van der Waals surface area contributed by atoms with Crippen LogP contribution in [-0.4, -0.2) is 73.5 Å². The summed E-state index contributed by atoms with van der Waals surface area (Å²) in [5, 5.41) is 0.591. The lowest BCUT2D eigenvalue weighted by atomic mass is 10.1. The fraction of sp³-hybridized carbons (Fsp3) is 0.480. The van der Waals surface area contributed by atoms with Crippen LogP contribution >= 0.6 is 20.0 Å². The average Bonchev–Trinajstić information content (AvgIpc) is 3.27. The van der Waals surface area contributed by atoms with Crippen LogP contribution in [0.3, 0.4) is 0 Å². The molecular formula is C25H34ClN4O3P. The molecule has 0 aliphatic carbocycles. The lowest BCUT2D eigenvalue weighted by Crippen LogP contribution is -2.47. The maximum Gasteiger partial charge on any atom is 0.171 e. The van der Waals surface area contributed by atoms with Gasteiger partial charge in [-0.2, -0.15) is 0 Å². The molecular weight excluding hydrogens is 471 g/mol. The highest BCUT2D eigenvalue weighted by Gasteiger charge is 2.20. The summed E-state index contributed by atoms with van der Waals surface area (Å²) in [5.74, 6) is 0.681. The van der Waals surface area contributed by atoms with Gasteiger partial charge in [0.1, 0.15) is 11.4 Å². The SMILES string of the molecule is CCOP(CCN1CCN(c2ccn3cc(-c4cc(Cl)c(OC)cc4C)nc3c2)CC1)OCC. The van der Waals surface area contributed by atoms with E-state index >= 15 is 0 Å². The maximum atomic E-state index is 6.38. The Morgan fingerprint density at radius 1 is 1.06 bits per heavy atom. The van der Waals surface area contributed by atoms with Gasteiger partial charge in [-0.3, -0.25) is 4.90 Å². The fourth-order valence-corrected chi connectivity index (χ4v) is 5.89. The van der Waals surface area contributed by atoms with Crippen LogP contribution in [0.5, 0.6) is 5.75 Å². The van der Waals surface area contributed by atoms with Crippen molar-refractivity contribution in [2.75, 3.05) is 64.1 Å². The molecule has 2 aromatic heterocycles. The predicted octanol–water partition coefficient (Wildman–Crippen LogP) is 5.48. The third-order valence-corrected chi connectivity index (χ3v) is 8.05. The fourth-order valence-electron chi connectivity index (χ4n) is 4.29. The zero-order valence-electron chi connectivity index (χ0n) is 20.5. The first-order valence-corrected chi connectivity index (χ1v) is 13.6. The van der Waals surface area contributed by atoms with Crippen LogP contribution in [0.1, 0.15) is 19.4 Å². The Bertz CT molecular complexity index is 1100. The van der Waals surface area contributed by atoms with Gasteiger partial charge in [0.2, 0.25) is 0 Å². The van der Waals surface area contributed by atoms with Crippen molar-refractivity contribution < 1.29 is 13.8 Å². The summed E-state index contributed by atoms with van der Waals surface area (Å²) >= 11 is 6.38. The molecule has 0 amide bonds. The molecule has 1 aliphatic rings. The summed E-state index contributed by atoms with van der Waals surface area (Å²) in [6, 6.07) is 8.23. The first-order valence-electron chi connectivity index (χ1n) is 11.9. The number of pyridine rings is 1. The van der Waals surface area contributed by atoms with Crippen molar-refractivity contribution in [3.8, 4) is 17.0 Å². The van der Waals surface area contributed by atoms with Gasteiger partial charge >= 0.3 is 0 Å². The second-order valence-electron chi connectivity index (χ2n) is 8.30. The third kappa shape index (κ3) is 5.84. The van der Waals surface area contributed by atoms with Crippen LogP contribution in [0.15, 0.2) is 36.7 Å².